The number of hydrogen-bond acceptors (Lipinski definition) is 3. The molecule has 0 aromatic heterocycles. The second-order valence-electron chi connectivity index (χ2n) is 8.68. The number of likely N-dealkylation sites (tertiary alicyclic amines) is 1. The van der Waals surface area contributed by atoms with E-state index in [0.29, 0.717) is 36.6 Å². The summed E-state index contributed by atoms with van der Waals surface area (Å²) >= 11 is 0. The number of ether oxygens (including phenoxy) is 1. The molecule has 2 rings (SSSR count). The van der Waals surface area contributed by atoms with Crippen molar-refractivity contribution in [2.75, 3.05) is 13.2 Å². The average Bonchev–Trinajstić information content (AvgIpc) is 2.49. The van der Waals surface area contributed by atoms with E-state index in [-0.39, 0.29) is 6.10 Å². The molecule has 2 fully saturated rings. The highest BCUT2D eigenvalue weighted by atomic mass is 16.5. The van der Waals surface area contributed by atoms with Crippen molar-refractivity contribution in [2.24, 2.45) is 17.8 Å². The molecule has 0 aromatic carbocycles. The molecule has 136 valence electrons. The second kappa shape index (κ2) is 8.82. The highest BCUT2D eigenvalue weighted by Crippen LogP contribution is 2.35. The van der Waals surface area contributed by atoms with Crippen LogP contribution < -0.4 is 0 Å². The minimum atomic E-state index is -0.358. The molecule has 0 spiro atoms. The van der Waals surface area contributed by atoms with Crippen LogP contribution in [0.25, 0.3) is 0 Å². The molecule has 3 nitrogen and oxygen atoms in total. The summed E-state index contributed by atoms with van der Waals surface area (Å²) in [5.74, 6) is 2.09. The number of rotatable bonds is 6. The van der Waals surface area contributed by atoms with Crippen LogP contribution in [0.5, 0.6) is 0 Å². The van der Waals surface area contributed by atoms with Crippen LogP contribution in [-0.2, 0) is 4.74 Å². The zero-order valence-electron chi connectivity index (χ0n) is 16.0. The highest BCUT2D eigenvalue weighted by Gasteiger charge is 2.32. The van der Waals surface area contributed by atoms with Gasteiger partial charge in [0.15, 0.2) is 0 Å². The summed E-state index contributed by atoms with van der Waals surface area (Å²) in [5, 5.41) is 10.5. The molecular weight excluding hydrogens is 286 g/mol. The van der Waals surface area contributed by atoms with Crippen LogP contribution in [0.1, 0.15) is 73.1 Å². The molecule has 3 heteroatoms. The molecule has 1 saturated carbocycles. The van der Waals surface area contributed by atoms with E-state index in [4.69, 9.17) is 4.74 Å². The average molecular weight is 326 g/mol. The number of aliphatic hydroxyl groups excluding tert-OH is 1. The molecule has 0 radical (unpaired) electrons. The van der Waals surface area contributed by atoms with Gasteiger partial charge in [-0.25, -0.2) is 0 Å². The van der Waals surface area contributed by atoms with Gasteiger partial charge in [-0.15, -0.1) is 0 Å². The van der Waals surface area contributed by atoms with Gasteiger partial charge in [0.2, 0.25) is 0 Å². The molecular formula is C20H39NO2. The number of piperidine rings is 1. The molecule has 0 bridgehead atoms. The Morgan fingerprint density at radius 3 is 2.30 bits per heavy atom. The van der Waals surface area contributed by atoms with Crippen LogP contribution in [0.3, 0.4) is 0 Å². The van der Waals surface area contributed by atoms with Gasteiger partial charge in [-0.05, 0) is 57.3 Å². The lowest BCUT2D eigenvalue weighted by Gasteiger charge is -2.41. The third-order valence-corrected chi connectivity index (χ3v) is 6.26. The van der Waals surface area contributed by atoms with Crippen LogP contribution in [0.15, 0.2) is 0 Å². The van der Waals surface area contributed by atoms with Gasteiger partial charge in [-0.3, -0.25) is 4.90 Å². The topological polar surface area (TPSA) is 32.7 Å². The van der Waals surface area contributed by atoms with E-state index in [2.05, 4.69) is 39.5 Å². The summed E-state index contributed by atoms with van der Waals surface area (Å²) in [6, 6.07) is 1.18. The summed E-state index contributed by atoms with van der Waals surface area (Å²) in [4.78, 5) is 2.47. The first kappa shape index (κ1) is 19.2. The predicted molar refractivity (Wildman–Crippen MR) is 96.6 cm³/mol. The van der Waals surface area contributed by atoms with E-state index in [1.165, 1.54) is 32.1 Å². The van der Waals surface area contributed by atoms with Crippen molar-refractivity contribution in [3.8, 4) is 0 Å². The Bertz CT molecular complexity index is 337. The first-order chi connectivity index (χ1) is 10.9. The molecule has 0 unspecified atom stereocenters. The first-order valence-electron chi connectivity index (χ1n) is 9.93. The fourth-order valence-corrected chi connectivity index (χ4v) is 4.67. The van der Waals surface area contributed by atoms with E-state index in [9.17, 15) is 5.11 Å². The zero-order valence-corrected chi connectivity index (χ0v) is 16.0. The maximum atomic E-state index is 10.5. The molecule has 1 heterocycles. The van der Waals surface area contributed by atoms with Crippen molar-refractivity contribution in [1.29, 1.82) is 0 Å². The Morgan fingerprint density at radius 1 is 1.04 bits per heavy atom. The second-order valence-corrected chi connectivity index (χ2v) is 8.68. The Kier molecular flexibility index (Phi) is 7.37. The largest absolute Gasteiger partial charge is 0.389 e. The van der Waals surface area contributed by atoms with Crippen molar-refractivity contribution in [1.82, 2.24) is 4.90 Å². The maximum absolute atomic E-state index is 10.5. The van der Waals surface area contributed by atoms with E-state index < -0.39 is 0 Å². The number of aliphatic hydroxyl groups is 1. The lowest BCUT2D eigenvalue weighted by molar-refractivity contribution is -0.0793. The summed E-state index contributed by atoms with van der Waals surface area (Å²) in [7, 11) is 0. The summed E-state index contributed by atoms with van der Waals surface area (Å²) in [6.45, 7) is 12.8. The van der Waals surface area contributed by atoms with Crippen molar-refractivity contribution in [3.05, 3.63) is 0 Å². The van der Waals surface area contributed by atoms with Crippen LogP contribution in [-0.4, -0.2) is 47.4 Å². The van der Waals surface area contributed by atoms with Gasteiger partial charge in [-0.1, -0.05) is 33.6 Å². The molecule has 6 atom stereocenters. The molecule has 23 heavy (non-hydrogen) atoms. The number of hydrogen-bond donors (Lipinski definition) is 1. The molecule has 1 aliphatic heterocycles. The monoisotopic (exact) mass is 325 g/mol. The quantitative estimate of drug-likeness (QED) is 0.798. The van der Waals surface area contributed by atoms with E-state index in [0.717, 1.165) is 18.9 Å². The molecule has 0 aromatic rings. The first-order valence-corrected chi connectivity index (χ1v) is 9.93. The Balaban J connectivity index is 1.81. The van der Waals surface area contributed by atoms with Gasteiger partial charge in [0.05, 0.1) is 18.8 Å². The van der Waals surface area contributed by atoms with Gasteiger partial charge in [-0.2, -0.15) is 0 Å². The van der Waals surface area contributed by atoms with Gasteiger partial charge in [0.25, 0.3) is 0 Å². The smallest absolute Gasteiger partial charge is 0.0900 e. The Labute approximate surface area is 143 Å². The third-order valence-electron chi connectivity index (χ3n) is 6.26. The van der Waals surface area contributed by atoms with Crippen LogP contribution in [0.4, 0.5) is 0 Å². The zero-order chi connectivity index (χ0) is 17.0. The number of nitrogens with zero attached hydrogens (tertiary/aromatic N) is 1. The highest BCUT2D eigenvalue weighted by molar-refractivity contribution is 4.83. The van der Waals surface area contributed by atoms with Crippen molar-refractivity contribution >= 4 is 0 Å². The van der Waals surface area contributed by atoms with Crippen molar-refractivity contribution < 1.29 is 9.84 Å². The summed E-state index contributed by atoms with van der Waals surface area (Å²) in [6.07, 6.45) is 7.58. The summed E-state index contributed by atoms with van der Waals surface area (Å²) in [5.41, 5.74) is 0. The molecule has 1 aliphatic carbocycles. The van der Waals surface area contributed by atoms with Crippen LogP contribution in [0, 0.1) is 17.8 Å². The standard InChI is InChI=1S/C20H39NO2/c1-14(2)19-10-9-15(3)11-20(19)23-13-18(22)12-21-16(4)7-6-8-17(21)5/h14-20,22H,6-13H2,1-5H3/t15-,16-,17+,18-,19-,20-/m1/s1. The minimum absolute atomic E-state index is 0.338. The van der Waals surface area contributed by atoms with E-state index in [1.54, 1.807) is 0 Å². The fourth-order valence-electron chi connectivity index (χ4n) is 4.67. The van der Waals surface area contributed by atoms with Gasteiger partial charge in [0, 0.05) is 18.6 Å². The summed E-state index contributed by atoms with van der Waals surface area (Å²) < 4.78 is 6.22. The lowest BCUT2D eigenvalue weighted by atomic mass is 9.75. The van der Waals surface area contributed by atoms with E-state index in [1.807, 2.05) is 0 Å². The Hall–Kier alpha value is -0.120. The van der Waals surface area contributed by atoms with Gasteiger partial charge >= 0.3 is 0 Å². The van der Waals surface area contributed by atoms with Crippen molar-refractivity contribution in [3.63, 3.8) is 0 Å². The van der Waals surface area contributed by atoms with Crippen LogP contribution in [0.2, 0.25) is 0 Å². The van der Waals surface area contributed by atoms with Crippen molar-refractivity contribution in [2.45, 2.75) is 97.4 Å². The SMILES string of the molecule is CC(C)[C@H]1CC[C@@H](C)C[C@H]1OC[C@H](O)CN1[C@H](C)CCC[C@@H]1C. The Morgan fingerprint density at radius 2 is 1.70 bits per heavy atom. The normalized spacial score (nSPS) is 38.0. The molecule has 2 aliphatic rings. The van der Waals surface area contributed by atoms with E-state index >= 15 is 0 Å². The fraction of sp³-hybridized carbons (Fsp3) is 1.00. The molecule has 1 saturated heterocycles. The molecule has 0 amide bonds. The predicted octanol–water partition coefficient (Wildman–Crippen LogP) is 4.09. The van der Waals surface area contributed by atoms with Crippen LogP contribution >= 0.6 is 0 Å². The molecule has 1 N–H and O–H groups in total. The maximum Gasteiger partial charge on any atom is 0.0900 e. The number of β-amino-alcohol motifs (C(OH)–C–C–N with tert-alkyl or cyclic N) is 1. The van der Waals surface area contributed by atoms with Gasteiger partial charge < -0.3 is 9.84 Å². The minimum Gasteiger partial charge on any atom is -0.389 e. The third kappa shape index (κ3) is 5.44. The van der Waals surface area contributed by atoms with Gasteiger partial charge in [0.1, 0.15) is 0 Å². The lowest BCUT2D eigenvalue weighted by Crippen LogP contribution is -2.48.